The molecular formula is C67H42N2O. The molecule has 3 nitrogen and oxygen atoms in total. The molecule has 1 aliphatic carbocycles. The number of fused-ring (bicyclic) bond motifs is 6. The Morgan fingerprint density at radius 3 is 1.50 bits per heavy atom. The van der Waals surface area contributed by atoms with E-state index in [9.17, 15) is 0 Å². The van der Waals surface area contributed by atoms with Crippen LogP contribution in [-0.4, -0.2) is 0 Å². The fraction of sp³-hybridized carbons (Fsp3) is 0.0149. The van der Waals surface area contributed by atoms with Gasteiger partial charge in [0.1, 0.15) is 11.2 Å². The molecule has 0 amide bonds. The highest BCUT2D eigenvalue weighted by molar-refractivity contribution is 6.12. The summed E-state index contributed by atoms with van der Waals surface area (Å²) in [5.41, 5.74) is 25.0. The van der Waals surface area contributed by atoms with Crippen LogP contribution < -0.4 is 9.80 Å². The summed E-state index contributed by atoms with van der Waals surface area (Å²) in [6.45, 7) is 0. The van der Waals surface area contributed by atoms with Gasteiger partial charge in [-0.05, 0) is 122 Å². The number of benzene rings is 11. The minimum atomic E-state index is -0.702. The lowest BCUT2D eigenvalue weighted by Gasteiger charge is -2.49. The molecule has 70 heavy (non-hydrogen) atoms. The molecule has 1 atom stereocenters. The van der Waals surface area contributed by atoms with Crippen LogP contribution in [0.1, 0.15) is 22.3 Å². The number of rotatable bonds is 6. The van der Waals surface area contributed by atoms with E-state index in [1.807, 2.05) is 0 Å². The standard InChI is InChI=1S/C67H42N2O/c1-4-16-43(17-5-1)45-30-35-49(36-31-45)68-58-27-12-11-26-56(58)67-57-42-48(52-23-14-24-54-53-22-10-13-29-62(53)70-66(52)54)34-40-59(57)69(50-37-32-46(33-38-50)44-18-6-2-7-19-44)60-28-15-25-55(64(60)67)63-51(39-41-61(68)65(63)67)47-20-8-3-9-21-47/h1-42H. The molecule has 1 aromatic heterocycles. The molecule has 0 N–H and O–H groups in total. The first-order valence-electron chi connectivity index (χ1n) is 24.2. The van der Waals surface area contributed by atoms with E-state index < -0.39 is 5.41 Å². The third kappa shape index (κ3) is 5.40. The lowest BCUT2D eigenvalue weighted by molar-refractivity contribution is 0.670. The summed E-state index contributed by atoms with van der Waals surface area (Å²) in [5.74, 6) is 0. The highest BCUT2D eigenvalue weighted by Crippen LogP contribution is 2.71. The summed E-state index contributed by atoms with van der Waals surface area (Å²) >= 11 is 0. The van der Waals surface area contributed by atoms with Crippen molar-refractivity contribution in [1.29, 1.82) is 0 Å². The minimum absolute atomic E-state index is 0.702. The number of hydrogen-bond acceptors (Lipinski definition) is 3. The normalized spacial score (nSPS) is 14.9. The largest absolute Gasteiger partial charge is 0.455 e. The van der Waals surface area contributed by atoms with Crippen LogP contribution in [0.3, 0.4) is 0 Å². The first-order valence-corrected chi connectivity index (χ1v) is 24.2. The molecule has 0 saturated heterocycles. The van der Waals surface area contributed by atoms with E-state index in [2.05, 4.69) is 265 Å². The van der Waals surface area contributed by atoms with Crippen LogP contribution in [0.15, 0.2) is 259 Å². The summed E-state index contributed by atoms with van der Waals surface area (Å²) in [6, 6.07) is 93.6. The lowest BCUT2D eigenvalue weighted by atomic mass is 9.62. The van der Waals surface area contributed by atoms with Gasteiger partial charge < -0.3 is 14.2 Å². The predicted molar refractivity (Wildman–Crippen MR) is 289 cm³/mol. The van der Waals surface area contributed by atoms with Crippen molar-refractivity contribution in [2.24, 2.45) is 0 Å². The summed E-state index contributed by atoms with van der Waals surface area (Å²) in [7, 11) is 0. The number of anilines is 6. The highest BCUT2D eigenvalue weighted by atomic mass is 16.3. The molecule has 1 unspecified atom stereocenters. The molecular weight excluding hydrogens is 849 g/mol. The van der Waals surface area contributed by atoms with Gasteiger partial charge in [-0.15, -0.1) is 0 Å². The van der Waals surface area contributed by atoms with Gasteiger partial charge in [0.2, 0.25) is 0 Å². The van der Waals surface area contributed by atoms with Gasteiger partial charge >= 0.3 is 0 Å². The second-order valence-electron chi connectivity index (χ2n) is 18.7. The van der Waals surface area contributed by atoms with E-state index in [1.165, 1.54) is 83.8 Å². The summed E-state index contributed by atoms with van der Waals surface area (Å²) < 4.78 is 6.78. The molecule has 3 heteroatoms. The Hall–Kier alpha value is -9.18. The van der Waals surface area contributed by atoms with Crippen molar-refractivity contribution in [3.8, 4) is 55.6 Å². The van der Waals surface area contributed by atoms with Gasteiger partial charge in [0.15, 0.2) is 0 Å². The average Bonchev–Trinajstić information content (AvgIpc) is 3.99. The van der Waals surface area contributed by atoms with Gasteiger partial charge in [-0.25, -0.2) is 0 Å². The van der Waals surface area contributed by atoms with Crippen LogP contribution in [0.2, 0.25) is 0 Å². The van der Waals surface area contributed by atoms with Gasteiger partial charge in [-0.3, -0.25) is 0 Å². The van der Waals surface area contributed by atoms with Crippen LogP contribution in [0.25, 0.3) is 77.6 Å². The van der Waals surface area contributed by atoms with Crippen molar-refractivity contribution >= 4 is 56.1 Å². The zero-order valence-corrected chi connectivity index (χ0v) is 38.1. The number of hydrogen-bond donors (Lipinski definition) is 0. The van der Waals surface area contributed by atoms with Crippen molar-refractivity contribution < 1.29 is 4.42 Å². The monoisotopic (exact) mass is 890 g/mol. The number of nitrogens with zero attached hydrogens (tertiary/aromatic N) is 2. The van der Waals surface area contributed by atoms with Crippen molar-refractivity contribution in [3.05, 3.63) is 277 Å². The van der Waals surface area contributed by atoms with Gasteiger partial charge in [0, 0.05) is 38.8 Å². The highest BCUT2D eigenvalue weighted by Gasteiger charge is 2.58. The molecule has 11 aromatic carbocycles. The van der Waals surface area contributed by atoms with E-state index in [-0.39, 0.29) is 0 Å². The van der Waals surface area contributed by atoms with Crippen LogP contribution in [0.5, 0.6) is 0 Å². The molecule has 3 heterocycles. The fourth-order valence-corrected chi connectivity index (χ4v) is 12.3. The topological polar surface area (TPSA) is 19.6 Å². The number of furan rings is 1. The molecule has 326 valence electrons. The van der Waals surface area contributed by atoms with Gasteiger partial charge in [-0.1, -0.05) is 194 Å². The van der Waals surface area contributed by atoms with Gasteiger partial charge in [0.05, 0.1) is 28.2 Å². The Balaban J connectivity index is 1.05. The van der Waals surface area contributed by atoms with E-state index >= 15 is 0 Å². The number of para-hydroxylation sites is 3. The molecule has 2 aliphatic heterocycles. The van der Waals surface area contributed by atoms with Crippen molar-refractivity contribution in [3.63, 3.8) is 0 Å². The van der Waals surface area contributed by atoms with Crippen molar-refractivity contribution in [2.45, 2.75) is 5.41 Å². The van der Waals surface area contributed by atoms with Crippen LogP contribution >= 0.6 is 0 Å². The van der Waals surface area contributed by atoms with Gasteiger partial charge in [-0.2, -0.15) is 0 Å². The third-order valence-electron chi connectivity index (χ3n) is 15.2. The molecule has 1 spiro atoms. The molecule has 0 bridgehead atoms. The van der Waals surface area contributed by atoms with E-state index in [4.69, 9.17) is 4.42 Å². The first kappa shape index (κ1) is 38.9. The maximum Gasteiger partial charge on any atom is 0.143 e. The zero-order valence-electron chi connectivity index (χ0n) is 38.1. The second-order valence-corrected chi connectivity index (χ2v) is 18.7. The fourth-order valence-electron chi connectivity index (χ4n) is 12.3. The lowest BCUT2D eigenvalue weighted by Crippen LogP contribution is -2.40. The van der Waals surface area contributed by atoms with E-state index in [0.717, 1.165) is 50.1 Å². The Morgan fingerprint density at radius 1 is 0.300 bits per heavy atom. The minimum Gasteiger partial charge on any atom is -0.455 e. The maximum absolute atomic E-state index is 6.78. The smallest absolute Gasteiger partial charge is 0.143 e. The van der Waals surface area contributed by atoms with Gasteiger partial charge in [0.25, 0.3) is 0 Å². The Labute approximate surface area is 406 Å². The zero-order chi connectivity index (χ0) is 45.9. The van der Waals surface area contributed by atoms with E-state index in [1.54, 1.807) is 0 Å². The second kappa shape index (κ2) is 14.9. The molecule has 3 aliphatic rings. The van der Waals surface area contributed by atoms with E-state index in [0.29, 0.717) is 0 Å². The summed E-state index contributed by atoms with van der Waals surface area (Å²) in [4.78, 5) is 5.03. The van der Waals surface area contributed by atoms with Crippen LogP contribution in [-0.2, 0) is 5.41 Å². The molecule has 0 radical (unpaired) electrons. The Morgan fingerprint density at radius 2 is 0.800 bits per heavy atom. The van der Waals surface area contributed by atoms with Crippen LogP contribution in [0.4, 0.5) is 34.1 Å². The van der Waals surface area contributed by atoms with Crippen molar-refractivity contribution in [1.82, 2.24) is 0 Å². The molecule has 0 saturated carbocycles. The maximum atomic E-state index is 6.78. The summed E-state index contributed by atoms with van der Waals surface area (Å²) in [5, 5.41) is 2.25. The first-order chi connectivity index (χ1) is 34.7. The van der Waals surface area contributed by atoms with Crippen LogP contribution in [0, 0.1) is 0 Å². The molecule has 12 aromatic rings. The SMILES string of the molecule is c1ccc(-c2ccc(N3c4ccc(-c5cccc6c5oc5ccccc56)cc4C45c6ccccc6N(c6ccc(-c7ccccc7)cc6)c6ccc(-c7ccccc7)c(c64)-c4cccc3c45)cc2)cc1. The quantitative estimate of drug-likeness (QED) is 0.166. The third-order valence-corrected chi connectivity index (χ3v) is 15.2. The average molecular weight is 891 g/mol. The Kier molecular flexibility index (Phi) is 8.28. The summed E-state index contributed by atoms with van der Waals surface area (Å²) in [6.07, 6.45) is 0. The molecule has 15 rings (SSSR count). The molecule has 0 fully saturated rings. The predicted octanol–water partition coefficient (Wildman–Crippen LogP) is 18.2. The Bertz CT molecular complexity index is 4040. The van der Waals surface area contributed by atoms with Crippen molar-refractivity contribution in [2.75, 3.05) is 9.80 Å².